The van der Waals surface area contributed by atoms with Gasteiger partial charge in [-0.2, -0.15) is 0 Å². The first-order valence-electron chi connectivity index (χ1n) is 4.56. The zero-order chi connectivity index (χ0) is 9.26. The third kappa shape index (κ3) is 1.38. The van der Waals surface area contributed by atoms with Crippen LogP contribution in [0.25, 0.3) is 0 Å². The molecule has 2 heteroatoms. The maximum Gasteiger partial charge on any atom is 0.141 e. The predicted molar refractivity (Wildman–Crippen MR) is 51.6 cm³/mol. The zero-order valence-corrected chi connectivity index (χ0v) is 7.73. The van der Waals surface area contributed by atoms with Gasteiger partial charge in [-0.1, -0.05) is 24.3 Å². The molecule has 1 aliphatic heterocycles. The molecular formula is C11H13NO. The summed E-state index contributed by atoms with van der Waals surface area (Å²) in [6.45, 7) is 0.973. The lowest BCUT2D eigenvalue weighted by atomic mass is 9.94. The lowest BCUT2D eigenvalue weighted by Crippen LogP contribution is -2.32. The van der Waals surface area contributed by atoms with Crippen LogP contribution in [0.1, 0.15) is 17.2 Å². The fourth-order valence-electron chi connectivity index (χ4n) is 1.90. The molecule has 0 aliphatic carbocycles. The smallest absolute Gasteiger partial charge is 0.141 e. The van der Waals surface area contributed by atoms with Gasteiger partial charge >= 0.3 is 0 Å². The predicted octanol–water partition coefficient (Wildman–Crippen LogP) is 1.41. The minimum atomic E-state index is -0.0371. The van der Waals surface area contributed by atoms with Gasteiger partial charge in [-0.25, -0.2) is 0 Å². The van der Waals surface area contributed by atoms with Gasteiger partial charge in [0.15, 0.2) is 0 Å². The van der Waals surface area contributed by atoms with Gasteiger partial charge < -0.3 is 4.79 Å². The molecule has 1 aliphatic rings. The summed E-state index contributed by atoms with van der Waals surface area (Å²) in [7, 11) is 2.00. The van der Waals surface area contributed by atoms with Crippen LogP contribution >= 0.6 is 0 Å². The second kappa shape index (κ2) is 3.30. The summed E-state index contributed by atoms with van der Waals surface area (Å²) in [4.78, 5) is 13.0. The van der Waals surface area contributed by atoms with E-state index in [0.717, 1.165) is 19.3 Å². The van der Waals surface area contributed by atoms with Crippen LogP contribution in [0, 0.1) is 0 Å². The third-order valence-corrected chi connectivity index (χ3v) is 2.71. The molecule has 13 heavy (non-hydrogen) atoms. The molecule has 0 amide bonds. The minimum absolute atomic E-state index is 0.0371. The largest absolute Gasteiger partial charge is 0.301 e. The number of hydrogen-bond donors (Lipinski definition) is 0. The normalized spacial score (nSPS) is 22.4. The molecule has 1 aromatic rings. The number of fused-ring (bicyclic) bond motifs is 1. The fourth-order valence-corrected chi connectivity index (χ4v) is 1.90. The summed E-state index contributed by atoms with van der Waals surface area (Å²) < 4.78 is 0. The molecule has 1 aromatic carbocycles. The summed E-state index contributed by atoms with van der Waals surface area (Å²) in [5.74, 6) is 0. The van der Waals surface area contributed by atoms with E-state index in [4.69, 9.17) is 0 Å². The topological polar surface area (TPSA) is 20.3 Å². The van der Waals surface area contributed by atoms with E-state index >= 15 is 0 Å². The molecule has 0 bridgehead atoms. The Morgan fingerprint density at radius 1 is 1.46 bits per heavy atom. The van der Waals surface area contributed by atoms with E-state index < -0.39 is 0 Å². The van der Waals surface area contributed by atoms with Crippen LogP contribution in [-0.4, -0.2) is 24.8 Å². The van der Waals surface area contributed by atoms with E-state index in [0.29, 0.717) is 0 Å². The second-order valence-electron chi connectivity index (χ2n) is 3.51. The van der Waals surface area contributed by atoms with Crippen LogP contribution in [0.5, 0.6) is 0 Å². The van der Waals surface area contributed by atoms with Crippen LogP contribution in [-0.2, 0) is 11.2 Å². The number of aldehydes is 1. The molecule has 0 saturated heterocycles. The summed E-state index contributed by atoms with van der Waals surface area (Å²) in [5.41, 5.74) is 2.49. The summed E-state index contributed by atoms with van der Waals surface area (Å²) >= 11 is 0. The Balaban J connectivity index is 2.45. The van der Waals surface area contributed by atoms with Crippen molar-refractivity contribution in [1.29, 1.82) is 0 Å². The SMILES string of the molecule is CN1CCc2ccccc2[C@H]1C=O. The molecule has 0 unspecified atom stereocenters. The van der Waals surface area contributed by atoms with Crippen molar-refractivity contribution in [3.8, 4) is 0 Å². The van der Waals surface area contributed by atoms with Gasteiger partial charge in [0.1, 0.15) is 6.29 Å². The van der Waals surface area contributed by atoms with Crippen molar-refractivity contribution >= 4 is 6.29 Å². The highest BCUT2D eigenvalue weighted by Gasteiger charge is 2.22. The van der Waals surface area contributed by atoms with E-state index in [1.807, 2.05) is 25.2 Å². The molecule has 2 rings (SSSR count). The second-order valence-corrected chi connectivity index (χ2v) is 3.51. The fraction of sp³-hybridized carbons (Fsp3) is 0.364. The Bertz CT molecular complexity index is 322. The minimum Gasteiger partial charge on any atom is -0.301 e. The molecule has 0 spiro atoms. The molecule has 1 atom stereocenters. The summed E-state index contributed by atoms with van der Waals surface area (Å²) in [6.07, 6.45) is 2.08. The van der Waals surface area contributed by atoms with Gasteiger partial charge in [-0.15, -0.1) is 0 Å². The van der Waals surface area contributed by atoms with E-state index in [-0.39, 0.29) is 6.04 Å². The van der Waals surface area contributed by atoms with Gasteiger partial charge in [0.2, 0.25) is 0 Å². The Labute approximate surface area is 78.2 Å². The van der Waals surface area contributed by atoms with Crippen LogP contribution in [0.4, 0.5) is 0 Å². The molecule has 0 radical (unpaired) electrons. The summed E-state index contributed by atoms with van der Waals surface area (Å²) in [6, 6.07) is 8.15. The van der Waals surface area contributed by atoms with Gasteiger partial charge in [0.05, 0.1) is 6.04 Å². The van der Waals surface area contributed by atoms with Crippen molar-refractivity contribution in [2.45, 2.75) is 12.5 Å². The lowest BCUT2D eigenvalue weighted by molar-refractivity contribution is -0.112. The molecule has 0 N–H and O–H groups in total. The third-order valence-electron chi connectivity index (χ3n) is 2.71. The molecule has 0 fully saturated rings. The highest BCUT2D eigenvalue weighted by Crippen LogP contribution is 2.26. The first kappa shape index (κ1) is 8.45. The number of hydrogen-bond acceptors (Lipinski definition) is 2. The molecule has 0 aromatic heterocycles. The molecule has 1 heterocycles. The maximum absolute atomic E-state index is 10.9. The van der Waals surface area contributed by atoms with Crippen LogP contribution in [0.3, 0.4) is 0 Å². The van der Waals surface area contributed by atoms with Gasteiger partial charge in [0.25, 0.3) is 0 Å². The van der Waals surface area contributed by atoms with E-state index in [1.54, 1.807) is 0 Å². The zero-order valence-electron chi connectivity index (χ0n) is 7.73. The van der Waals surface area contributed by atoms with Gasteiger partial charge in [0, 0.05) is 6.54 Å². The van der Waals surface area contributed by atoms with Crippen LogP contribution in [0.15, 0.2) is 24.3 Å². The highest BCUT2D eigenvalue weighted by atomic mass is 16.1. The van der Waals surface area contributed by atoms with Gasteiger partial charge in [-0.3, -0.25) is 4.90 Å². The lowest BCUT2D eigenvalue weighted by Gasteiger charge is -2.30. The average molecular weight is 175 g/mol. The number of likely N-dealkylation sites (N-methyl/N-ethyl adjacent to an activating group) is 1. The van der Waals surface area contributed by atoms with Crippen molar-refractivity contribution < 1.29 is 4.79 Å². The maximum atomic E-state index is 10.9. The van der Waals surface area contributed by atoms with Crippen molar-refractivity contribution in [2.24, 2.45) is 0 Å². The Hall–Kier alpha value is -1.15. The Kier molecular flexibility index (Phi) is 2.15. The number of benzene rings is 1. The van der Waals surface area contributed by atoms with Gasteiger partial charge in [-0.05, 0) is 24.6 Å². The monoisotopic (exact) mass is 175 g/mol. The first-order chi connectivity index (χ1) is 6.33. The number of nitrogens with zero attached hydrogens (tertiary/aromatic N) is 1. The van der Waals surface area contributed by atoms with E-state index in [9.17, 15) is 4.79 Å². The van der Waals surface area contributed by atoms with Crippen LogP contribution in [0.2, 0.25) is 0 Å². The van der Waals surface area contributed by atoms with Crippen molar-refractivity contribution in [3.05, 3.63) is 35.4 Å². The first-order valence-corrected chi connectivity index (χ1v) is 4.56. The van der Waals surface area contributed by atoms with E-state index in [1.165, 1.54) is 11.1 Å². The van der Waals surface area contributed by atoms with Crippen LogP contribution < -0.4 is 0 Å². The molecule has 0 saturated carbocycles. The molecular weight excluding hydrogens is 162 g/mol. The average Bonchev–Trinajstić information content (AvgIpc) is 2.18. The van der Waals surface area contributed by atoms with Crippen molar-refractivity contribution in [3.63, 3.8) is 0 Å². The standard InChI is InChI=1S/C11H13NO/c1-12-7-6-9-4-2-3-5-10(9)11(12)8-13/h2-5,8,11H,6-7H2,1H3/t11-/m1/s1. The number of carbonyl (C=O) groups is 1. The number of carbonyl (C=O) groups excluding carboxylic acids is 1. The van der Waals surface area contributed by atoms with Crippen molar-refractivity contribution in [2.75, 3.05) is 13.6 Å². The Morgan fingerprint density at radius 3 is 3.00 bits per heavy atom. The molecule has 68 valence electrons. The summed E-state index contributed by atoms with van der Waals surface area (Å²) in [5, 5.41) is 0. The van der Waals surface area contributed by atoms with Crippen molar-refractivity contribution in [1.82, 2.24) is 4.90 Å². The van der Waals surface area contributed by atoms with E-state index in [2.05, 4.69) is 11.0 Å². The Morgan fingerprint density at radius 2 is 2.23 bits per heavy atom. The number of rotatable bonds is 1. The molecule has 2 nitrogen and oxygen atoms in total. The quantitative estimate of drug-likeness (QED) is 0.601. The highest BCUT2D eigenvalue weighted by molar-refractivity contribution is 5.63.